The topological polar surface area (TPSA) is 55.1 Å². The number of aromatic nitrogens is 3. The molecule has 2 amide bonds. The first kappa shape index (κ1) is 24.1. The Balaban J connectivity index is 1.53. The van der Waals surface area contributed by atoms with Gasteiger partial charge in [0.05, 0.1) is 29.7 Å². The molecule has 1 aliphatic heterocycles. The third kappa shape index (κ3) is 4.29. The number of para-hydroxylation sites is 1. The van der Waals surface area contributed by atoms with Crippen molar-refractivity contribution in [3.63, 3.8) is 0 Å². The van der Waals surface area contributed by atoms with Crippen molar-refractivity contribution in [3.8, 4) is 11.5 Å². The molecule has 3 aromatic carbocycles. The molecular weight excluding hydrogens is 490 g/mol. The van der Waals surface area contributed by atoms with Crippen LogP contribution in [0.1, 0.15) is 34.1 Å². The van der Waals surface area contributed by atoms with Crippen LogP contribution in [-0.2, 0) is 6.54 Å². The van der Waals surface area contributed by atoms with Gasteiger partial charge in [0, 0.05) is 22.3 Å². The number of carbonyl (C=O) groups excluding carboxylic acids is 1. The van der Waals surface area contributed by atoms with Crippen molar-refractivity contribution in [2.75, 3.05) is 11.6 Å². The van der Waals surface area contributed by atoms with E-state index in [2.05, 4.69) is 64.8 Å². The second kappa shape index (κ2) is 9.91. The number of urea groups is 1. The number of amides is 2. The molecule has 1 atom stereocenters. The van der Waals surface area contributed by atoms with Gasteiger partial charge in [0.15, 0.2) is 0 Å². The molecule has 0 bridgehead atoms. The van der Waals surface area contributed by atoms with E-state index >= 15 is 0 Å². The molecule has 1 aliphatic rings. The van der Waals surface area contributed by atoms with E-state index in [0.29, 0.717) is 6.54 Å². The number of fused-ring (bicyclic) bond motifs is 3. The van der Waals surface area contributed by atoms with Gasteiger partial charge in [-0.15, -0.1) is 11.8 Å². The number of aryl methyl sites for hydroxylation is 2. The minimum Gasteiger partial charge on any atom is -0.308 e. The lowest BCUT2D eigenvalue weighted by Gasteiger charge is -2.31. The fraction of sp³-hybridized carbons (Fsp3) is 0.161. The Bertz CT molecular complexity index is 1600. The third-order valence-electron chi connectivity index (χ3n) is 7.05. The van der Waals surface area contributed by atoms with Crippen molar-refractivity contribution in [1.82, 2.24) is 19.2 Å². The Morgan fingerprint density at radius 2 is 1.74 bits per heavy atom. The summed E-state index contributed by atoms with van der Waals surface area (Å²) < 4.78 is 4.18. The van der Waals surface area contributed by atoms with E-state index in [9.17, 15) is 4.79 Å². The Morgan fingerprint density at radius 1 is 0.947 bits per heavy atom. The van der Waals surface area contributed by atoms with Crippen LogP contribution in [0.15, 0.2) is 102 Å². The number of hydrogen-bond acceptors (Lipinski definition) is 3. The van der Waals surface area contributed by atoms with E-state index < -0.39 is 0 Å². The summed E-state index contributed by atoms with van der Waals surface area (Å²) in [5.74, 6) is 0.963. The summed E-state index contributed by atoms with van der Waals surface area (Å²) in [6.07, 6.45) is 4.14. The molecule has 190 valence electrons. The highest BCUT2D eigenvalue weighted by molar-refractivity contribution is 7.98. The summed E-state index contributed by atoms with van der Waals surface area (Å²) in [4.78, 5) is 17.2. The maximum absolute atomic E-state index is 14.0. The smallest absolute Gasteiger partial charge is 0.308 e. The van der Waals surface area contributed by atoms with E-state index in [0.717, 1.165) is 45.3 Å². The predicted octanol–water partition coefficient (Wildman–Crippen LogP) is 7.14. The summed E-state index contributed by atoms with van der Waals surface area (Å²) in [6.45, 7) is 4.46. The molecular formula is C31H29N5OS. The first-order valence-electron chi connectivity index (χ1n) is 12.6. The zero-order valence-corrected chi connectivity index (χ0v) is 22.4. The number of anilines is 1. The van der Waals surface area contributed by atoms with Crippen LogP contribution in [-0.4, -0.2) is 31.5 Å². The minimum atomic E-state index is -0.290. The maximum Gasteiger partial charge on any atom is 0.322 e. The van der Waals surface area contributed by atoms with Gasteiger partial charge in [-0.1, -0.05) is 42.5 Å². The molecule has 5 aromatic rings. The SMILES string of the molecule is CSc1ccc([C@@H]2c3cccn3-c3c(c(C)nn3-c3ccccc3)CN2C(=O)Nc2cccc(C)c2)cc1. The zero-order valence-electron chi connectivity index (χ0n) is 21.6. The van der Waals surface area contributed by atoms with Crippen LogP contribution in [0.4, 0.5) is 10.5 Å². The normalized spacial score (nSPS) is 14.5. The number of hydrogen-bond donors (Lipinski definition) is 1. The van der Waals surface area contributed by atoms with Crippen molar-refractivity contribution >= 4 is 23.5 Å². The molecule has 6 nitrogen and oxygen atoms in total. The highest BCUT2D eigenvalue weighted by Crippen LogP contribution is 2.39. The van der Waals surface area contributed by atoms with Crippen molar-refractivity contribution in [1.29, 1.82) is 0 Å². The lowest BCUT2D eigenvalue weighted by atomic mass is 10.0. The molecule has 0 radical (unpaired) electrons. The summed E-state index contributed by atoms with van der Waals surface area (Å²) in [7, 11) is 0. The largest absolute Gasteiger partial charge is 0.322 e. The van der Waals surface area contributed by atoms with Crippen LogP contribution in [0.3, 0.4) is 0 Å². The van der Waals surface area contributed by atoms with Crippen LogP contribution in [0.5, 0.6) is 0 Å². The Hall–Kier alpha value is -4.23. The first-order chi connectivity index (χ1) is 18.5. The average molecular weight is 520 g/mol. The Morgan fingerprint density at radius 3 is 2.47 bits per heavy atom. The number of carbonyl (C=O) groups is 1. The second-order valence-electron chi connectivity index (χ2n) is 9.54. The quantitative estimate of drug-likeness (QED) is 0.257. The van der Waals surface area contributed by atoms with Gasteiger partial charge in [-0.05, 0) is 79.8 Å². The Labute approximate surface area is 226 Å². The van der Waals surface area contributed by atoms with Crippen LogP contribution in [0.2, 0.25) is 0 Å². The highest BCUT2D eigenvalue weighted by atomic mass is 32.2. The van der Waals surface area contributed by atoms with Crippen LogP contribution in [0, 0.1) is 13.8 Å². The molecule has 38 heavy (non-hydrogen) atoms. The maximum atomic E-state index is 14.0. The van der Waals surface area contributed by atoms with Crippen LogP contribution < -0.4 is 5.32 Å². The molecule has 3 heterocycles. The van der Waals surface area contributed by atoms with Gasteiger partial charge in [-0.25, -0.2) is 9.48 Å². The monoisotopic (exact) mass is 519 g/mol. The van der Waals surface area contributed by atoms with Gasteiger partial charge in [0.25, 0.3) is 0 Å². The summed E-state index contributed by atoms with van der Waals surface area (Å²) in [5, 5.41) is 8.09. The van der Waals surface area contributed by atoms with Gasteiger partial charge >= 0.3 is 6.03 Å². The molecule has 0 spiro atoms. The number of rotatable bonds is 4. The average Bonchev–Trinajstić information content (AvgIpc) is 3.49. The molecule has 0 fully saturated rings. The molecule has 2 aromatic heterocycles. The summed E-state index contributed by atoms with van der Waals surface area (Å²) in [6, 6.07) is 30.3. The fourth-order valence-corrected chi connectivity index (χ4v) is 5.61. The van der Waals surface area contributed by atoms with Crippen LogP contribution >= 0.6 is 11.8 Å². The molecule has 7 heteroatoms. The van der Waals surface area contributed by atoms with E-state index in [4.69, 9.17) is 5.10 Å². The summed E-state index contributed by atoms with van der Waals surface area (Å²) >= 11 is 1.71. The number of thioether (sulfide) groups is 1. The number of nitrogens with zero attached hydrogens (tertiary/aromatic N) is 4. The van der Waals surface area contributed by atoms with E-state index in [1.807, 2.05) is 72.0 Å². The fourth-order valence-electron chi connectivity index (χ4n) is 5.20. The van der Waals surface area contributed by atoms with Crippen LogP contribution in [0.25, 0.3) is 11.5 Å². The van der Waals surface area contributed by atoms with Gasteiger partial charge < -0.3 is 14.8 Å². The molecule has 6 rings (SSSR count). The van der Waals surface area contributed by atoms with E-state index in [1.54, 1.807) is 11.8 Å². The lowest BCUT2D eigenvalue weighted by molar-refractivity contribution is 0.194. The molecule has 0 aliphatic carbocycles. The molecule has 1 N–H and O–H groups in total. The van der Waals surface area contributed by atoms with Crippen molar-refractivity contribution in [2.24, 2.45) is 0 Å². The third-order valence-corrected chi connectivity index (χ3v) is 7.79. The molecule has 0 saturated heterocycles. The van der Waals surface area contributed by atoms with Gasteiger partial charge in [0.2, 0.25) is 0 Å². The summed E-state index contributed by atoms with van der Waals surface area (Å²) in [5.41, 5.74) is 6.85. The Kier molecular flexibility index (Phi) is 6.29. The van der Waals surface area contributed by atoms with Crippen molar-refractivity contribution in [2.45, 2.75) is 31.3 Å². The minimum absolute atomic E-state index is 0.151. The number of nitrogens with one attached hydrogen (secondary N) is 1. The zero-order chi connectivity index (χ0) is 26.2. The first-order valence-corrected chi connectivity index (χ1v) is 13.9. The second-order valence-corrected chi connectivity index (χ2v) is 10.4. The van der Waals surface area contributed by atoms with Crippen molar-refractivity contribution in [3.05, 3.63) is 125 Å². The molecule has 0 unspecified atom stereocenters. The van der Waals surface area contributed by atoms with Gasteiger partial charge in [-0.3, -0.25) is 0 Å². The molecule has 0 saturated carbocycles. The standard InChI is InChI=1S/C31H29N5OS/c1-21-9-7-10-24(19-21)32-31(37)35-20-27-22(2)33-36(25-11-5-4-6-12-25)30(27)34-18-8-13-28(34)29(35)23-14-16-26(38-3)17-15-23/h4-19,29H,20H2,1-3H3,(H,32,37)/t29-/m1/s1. The van der Waals surface area contributed by atoms with Crippen molar-refractivity contribution < 1.29 is 4.79 Å². The van der Waals surface area contributed by atoms with E-state index in [-0.39, 0.29) is 12.1 Å². The lowest BCUT2D eigenvalue weighted by Crippen LogP contribution is -2.38. The number of benzene rings is 3. The highest BCUT2D eigenvalue weighted by Gasteiger charge is 2.36. The van der Waals surface area contributed by atoms with E-state index in [1.165, 1.54) is 4.90 Å². The predicted molar refractivity (Wildman–Crippen MR) is 153 cm³/mol. The van der Waals surface area contributed by atoms with Gasteiger partial charge in [0.1, 0.15) is 5.82 Å². The van der Waals surface area contributed by atoms with Gasteiger partial charge in [-0.2, -0.15) is 5.10 Å².